The quantitative estimate of drug-likeness (QED) is 0.118. The topological polar surface area (TPSA) is 34.1 Å². The van der Waals surface area contributed by atoms with Crippen molar-refractivity contribution in [2.24, 2.45) is 0 Å². The summed E-state index contributed by atoms with van der Waals surface area (Å²) in [6.07, 6.45) is 0. The van der Waals surface area contributed by atoms with E-state index in [2.05, 4.69) is 59.9 Å². The van der Waals surface area contributed by atoms with Crippen molar-refractivity contribution in [3.63, 3.8) is 0 Å². The zero-order valence-electron chi connectivity index (χ0n) is 18.1. The highest BCUT2D eigenvalue weighted by Gasteiger charge is 2.24. The first kappa shape index (κ1) is 21.5. The van der Waals surface area contributed by atoms with Crippen LogP contribution in [0.4, 0.5) is 0 Å². The first-order chi connectivity index (χ1) is 17.4. The van der Waals surface area contributed by atoms with E-state index in [4.69, 9.17) is 11.6 Å². The first-order valence-corrected chi connectivity index (χ1v) is 14.0. The molecule has 0 bridgehead atoms. The summed E-state index contributed by atoms with van der Waals surface area (Å²) in [5.41, 5.74) is -0.0885. The maximum Gasteiger partial charge on any atom is 0.195 e. The van der Waals surface area contributed by atoms with Crippen LogP contribution in [-0.2, 0) is 0 Å². The largest absolute Gasteiger partial charge is 0.289 e. The minimum Gasteiger partial charge on any atom is -0.289 e. The molecule has 6 heteroatoms. The molecule has 0 amide bonds. The van der Waals surface area contributed by atoms with E-state index in [1.165, 1.54) is 0 Å². The monoisotopic (exact) mass is 674 g/mol. The SMILES string of the molecule is O=c1c2ccc3cc4c5c(Br)ccc(Br)c5c(=O)c5ccc6cc(c7c(Br)ccc(Cl)c17)c2c3c6c54. The predicted molar refractivity (Wildman–Crippen MR) is 163 cm³/mol. The van der Waals surface area contributed by atoms with Gasteiger partial charge in [-0.05, 0) is 80.8 Å². The van der Waals surface area contributed by atoms with Crippen LogP contribution >= 0.6 is 59.4 Å². The minimum atomic E-state index is -0.0811. The molecule has 0 aliphatic heterocycles. The Balaban J connectivity index is 1.79. The summed E-state index contributed by atoms with van der Waals surface area (Å²) in [5.74, 6) is 0. The van der Waals surface area contributed by atoms with Crippen molar-refractivity contribution in [1.29, 1.82) is 0 Å². The van der Waals surface area contributed by atoms with Gasteiger partial charge in [-0.15, -0.1) is 0 Å². The van der Waals surface area contributed by atoms with Gasteiger partial charge in [0.15, 0.2) is 10.9 Å². The Kier molecular flexibility index (Phi) is 4.21. The van der Waals surface area contributed by atoms with Crippen molar-refractivity contribution < 1.29 is 0 Å². The number of benzene rings is 8. The van der Waals surface area contributed by atoms with E-state index < -0.39 is 0 Å². The predicted octanol–water partition coefficient (Wildman–Crippen LogP) is 9.73. The van der Waals surface area contributed by atoms with E-state index >= 15 is 0 Å². The molecule has 36 heavy (non-hydrogen) atoms. The van der Waals surface area contributed by atoms with Gasteiger partial charge in [-0.3, -0.25) is 9.59 Å². The van der Waals surface area contributed by atoms with E-state index in [1.807, 2.05) is 42.5 Å². The lowest BCUT2D eigenvalue weighted by atomic mass is 9.84. The molecule has 0 atom stereocenters. The molecule has 2 nitrogen and oxygen atoms in total. The molecule has 0 aliphatic carbocycles. The molecule has 0 saturated heterocycles. The van der Waals surface area contributed by atoms with Crippen LogP contribution in [-0.4, -0.2) is 0 Å². The Morgan fingerprint density at radius 1 is 0.444 bits per heavy atom. The van der Waals surface area contributed by atoms with Crippen molar-refractivity contribution in [2.75, 3.05) is 0 Å². The third kappa shape index (κ3) is 2.43. The highest BCUT2D eigenvalue weighted by molar-refractivity contribution is 9.11. The Bertz CT molecular complexity index is 2230. The van der Waals surface area contributed by atoms with Crippen LogP contribution in [0.15, 0.2) is 83.7 Å². The van der Waals surface area contributed by atoms with Gasteiger partial charge in [-0.1, -0.05) is 71.5 Å². The molecule has 8 aromatic carbocycles. The van der Waals surface area contributed by atoms with Crippen LogP contribution in [0, 0.1) is 0 Å². The number of rotatable bonds is 0. The average Bonchev–Trinajstić information content (AvgIpc) is 2.87. The van der Waals surface area contributed by atoms with E-state index in [1.54, 1.807) is 6.07 Å². The molecule has 0 N–H and O–H groups in total. The Labute approximate surface area is 232 Å². The third-order valence-electron chi connectivity index (χ3n) is 7.55. The molecule has 0 unspecified atom stereocenters. The third-order valence-corrected chi connectivity index (χ3v) is 9.85. The van der Waals surface area contributed by atoms with Gasteiger partial charge in [0.2, 0.25) is 0 Å². The highest BCUT2D eigenvalue weighted by Crippen LogP contribution is 2.47. The van der Waals surface area contributed by atoms with E-state index in [9.17, 15) is 9.59 Å². The number of halogens is 4. The second-order valence-corrected chi connectivity index (χ2v) is 12.2. The maximum absolute atomic E-state index is 13.8. The summed E-state index contributed by atoms with van der Waals surface area (Å²) < 4.78 is 2.48. The lowest BCUT2D eigenvalue weighted by molar-refractivity contribution is 1.67. The Hall–Kier alpha value is -2.57. The first-order valence-electron chi connectivity index (χ1n) is 11.2. The molecule has 0 fully saturated rings. The number of hydrogen-bond donors (Lipinski definition) is 0. The summed E-state index contributed by atoms with van der Waals surface area (Å²) in [6.45, 7) is 0. The van der Waals surface area contributed by atoms with Crippen LogP contribution < -0.4 is 10.9 Å². The van der Waals surface area contributed by atoms with E-state index in [0.717, 1.165) is 67.3 Å². The van der Waals surface area contributed by atoms with Gasteiger partial charge in [0.05, 0.1) is 10.4 Å². The molecule has 0 radical (unpaired) electrons. The van der Waals surface area contributed by atoms with Crippen LogP contribution in [0.3, 0.4) is 0 Å². The lowest BCUT2D eigenvalue weighted by Gasteiger charge is -2.19. The number of fused-ring (bicyclic) bond motifs is 4. The molecule has 8 rings (SSSR count). The van der Waals surface area contributed by atoms with Crippen molar-refractivity contribution in [3.05, 3.63) is 99.6 Å². The second kappa shape index (κ2) is 7.05. The normalized spacial score (nSPS) is 12.7. The second-order valence-electron chi connectivity index (χ2n) is 9.24. The fraction of sp³-hybridized carbons (Fsp3) is 0. The summed E-state index contributed by atoms with van der Waals surface area (Å²) in [4.78, 5) is 27.5. The average molecular weight is 678 g/mol. The summed E-state index contributed by atoms with van der Waals surface area (Å²) in [5, 5.41) is 12.6. The molecule has 0 aromatic heterocycles. The smallest absolute Gasteiger partial charge is 0.195 e. The van der Waals surface area contributed by atoms with Gasteiger partial charge < -0.3 is 0 Å². The molecule has 0 aliphatic rings. The van der Waals surface area contributed by atoms with Crippen molar-refractivity contribution >= 4 is 135 Å². The minimum absolute atomic E-state index is 0.00732. The molecule has 0 heterocycles. The van der Waals surface area contributed by atoms with Crippen LogP contribution in [0.25, 0.3) is 75.4 Å². The fourth-order valence-corrected chi connectivity index (χ4v) is 7.99. The van der Waals surface area contributed by atoms with Crippen molar-refractivity contribution in [1.82, 2.24) is 0 Å². The summed E-state index contributed by atoms with van der Waals surface area (Å²) in [7, 11) is 0. The zero-order valence-corrected chi connectivity index (χ0v) is 23.6. The van der Waals surface area contributed by atoms with Gasteiger partial charge in [0.1, 0.15) is 0 Å². The molecule has 0 saturated carbocycles. The van der Waals surface area contributed by atoms with E-state index in [0.29, 0.717) is 26.6 Å². The summed E-state index contributed by atoms with van der Waals surface area (Å²) >= 11 is 17.5. The molecule has 170 valence electrons. The van der Waals surface area contributed by atoms with Crippen LogP contribution in [0.2, 0.25) is 5.02 Å². The highest BCUT2D eigenvalue weighted by atomic mass is 79.9. The fourth-order valence-electron chi connectivity index (χ4n) is 6.15. The van der Waals surface area contributed by atoms with Gasteiger partial charge >= 0.3 is 0 Å². The number of hydrogen-bond acceptors (Lipinski definition) is 2. The zero-order chi connectivity index (χ0) is 24.6. The molecular weight excluding hydrogens is 667 g/mol. The molecule has 8 aromatic rings. The van der Waals surface area contributed by atoms with Gasteiger partial charge in [0.25, 0.3) is 0 Å². The summed E-state index contributed by atoms with van der Waals surface area (Å²) in [6, 6.07) is 19.7. The maximum atomic E-state index is 13.8. The van der Waals surface area contributed by atoms with Crippen LogP contribution in [0.1, 0.15) is 0 Å². The lowest BCUT2D eigenvalue weighted by Crippen LogP contribution is -2.07. The molecular formula is C30H10Br3ClO2. The van der Waals surface area contributed by atoms with Gasteiger partial charge in [0, 0.05) is 51.1 Å². The van der Waals surface area contributed by atoms with Crippen molar-refractivity contribution in [2.45, 2.75) is 0 Å². The van der Waals surface area contributed by atoms with Crippen LogP contribution in [0.5, 0.6) is 0 Å². The van der Waals surface area contributed by atoms with Gasteiger partial charge in [-0.2, -0.15) is 0 Å². The standard InChI is InChI=1S/C30H10Br3ClO2/c31-17-5-6-19(33)27-25(17)15-9-11-2-4-14-24-16(26-18(32)7-8-20(34)28(26)30(14)36)10-12-1-3-13(29(27)35)23(15)21(12)22(11)24/h1-10H. The van der Waals surface area contributed by atoms with Gasteiger partial charge in [-0.25, -0.2) is 0 Å². The Morgan fingerprint density at radius 3 is 1.44 bits per heavy atom. The van der Waals surface area contributed by atoms with Crippen molar-refractivity contribution in [3.8, 4) is 0 Å². The van der Waals surface area contributed by atoms with E-state index in [-0.39, 0.29) is 10.9 Å². The molecule has 0 spiro atoms. The Morgan fingerprint density at radius 2 is 0.889 bits per heavy atom.